The molecule has 2 amide bonds. The Morgan fingerprint density at radius 3 is 2.28 bits per heavy atom. The van der Waals surface area contributed by atoms with E-state index >= 15 is 0 Å². The molecule has 102 valence electrons. The highest BCUT2D eigenvalue weighted by atomic mass is 19.4. The molecular weight excluding hydrogens is 251 g/mol. The van der Waals surface area contributed by atoms with Crippen molar-refractivity contribution in [2.24, 2.45) is 0 Å². The Bertz CT molecular complexity index is 395. The lowest BCUT2D eigenvalue weighted by Gasteiger charge is -2.27. The molecule has 7 heteroatoms. The molecule has 1 heterocycles. The van der Waals surface area contributed by atoms with Crippen LogP contribution in [0.4, 0.5) is 18.0 Å². The predicted octanol–water partition coefficient (Wildman–Crippen LogP) is 2.64. The average molecular weight is 265 g/mol. The second kappa shape index (κ2) is 4.29. The van der Waals surface area contributed by atoms with E-state index in [1.165, 1.54) is 20.8 Å². The van der Waals surface area contributed by atoms with Gasteiger partial charge in [-0.15, -0.1) is 0 Å². The highest BCUT2D eigenvalue weighted by Crippen LogP contribution is 2.36. The van der Waals surface area contributed by atoms with Gasteiger partial charge in [-0.05, 0) is 20.8 Å². The van der Waals surface area contributed by atoms with Gasteiger partial charge in [0.2, 0.25) is 0 Å². The van der Waals surface area contributed by atoms with Crippen molar-refractivity contribution < 1.29 is 27.5 Å². The van der Waals surface area contributed by atoms with Crippen LogP contribution in [0.5, 0.6) is 0 Å². The van der Waals surface area contributed by atoms with Gasteiger partial charge in [0, 0.05) is 12.0 Å². The molecule has 1 fully saturated rings. The fraction of sp³-hybridized carbons (Fsp3) is 0.636. The van der Waals surface area contributed by atoms with Gasteiger partial charge in [0.25, 0.3) is 5.91 Å². The second-order valence-electron chi connectivity index (χ2n) is 5.02. The Labute approximate surface area is 102 Å². The summed E-state index contributed by atoms with van der Waals surface area (Å²) in [6.45, 7) is 7.74. The predicted molar refractivity (Wildman–Crippen MR) is 56.7 cm³/mol. The molecule has 18 heavy (non-hydrogen) atoms. The zero-order valence-electron chi connectivity index (χ0n) is 10.3. The van der Waals surface area contributed by atoms with Gasteiger partial charge in [-0.25, -0.2) is 9.69 Å². The maximum absolute atomic E-state index is 12.7. The first-order valence-electron chi connectivity index (χ1n) is 5.24. The molecule has 0 N–H and O–H groups in total. The van der Waals surface area contributed by atoms with Crippen LogP contribution in [0.3, 0.4) is 0 Å². The molecule has 1 rings (SSSR count). The number of alkyl halides is 3. The van der Waals surface area contributed by atoms with Crippen molar-refractivity contribution >= 4 is 12.0 Å². The molecular formula is C11H14F3NO3. The zero-order chi connectivity index (χ0) is 14.3. The largest absolute Gasteiger partial charge is 0.443 e. The summed E-state index contributed by atoms with van der Waals surface area (Å²) in [5.41, 5.74) is -1.22. The van der Waals surface area contributed by atoms with Crippen molar-refractivity contribution in [2.75, 3.05) is 0 Å². The van der Waals surface area contributed by atoms with E-state index in [0.29, 0.717) is 0 Å². The van der Waals surface area contributed by atoms with E-state index in [-0.39, 0.29) is 10.5 Å². The zero-order valence-corrected chi connectivity index (χ0v) is 10.3. The molecule has 1 aliphatic heterocycles. The van der Waals surface area contributed by atoms with Crippen LogP contribution in [0.2, 0.25) is 0 Å². The first kappa shape index (κ1) is 14.5. The van der Waals surface area contributed by atoms with Crippen LogP contribution in [0, 0.1) is 0 Å². The van der Waals surface area contributed by atoms with Gasteiger partial charge in [0.05, 0.1) is 0 Å². The Kier molecular flexibility index (Phi) is 3.47. The number of rotatable bonds is 0. The van der Waals surface area contributed by atoms with E-state index in [9.17, 15) is 22.8 Å². The Morgan fingerprint density at radius 2 is 1.89 bits per heavy atom. The quantitative estimate of drug-likeness (QED) is 0.632. The average Bonchev–Trinajstić information content (AvgIpc) is 2.39. The van der Waals surface area contributed by atoms with E-state index in [1.807, 2.05) is 0 Å². The Morgan fingerprint density at radius 1 is 1.39 bits per heavy atom. The van der Waals surface area contributed by atoms with Gasteiger partial charge in [0.15, 0.2) is 0 Å². The lowest BCUT2D eigenvalue weighted by Crippen LogP contribution is -2.48. The van der Waals surface area contributed by atoms with Gasteiger partial charge < -0.3 is 4.74 Å². The summed E-state index contributed by atoms with van der Waals surface area (Å²) < 4.78 is 42.9. The second-order valence-corrected chi connectivity index (χ2v) is 5.02. The minimum absolute atomic E-state index is 0.0909. The summed E-state index contributed by atoms with van der Waals surface area (Å²) in [6, 6.07) is -2.19. The number of ether oxygens (including phenoxy) is 1. The summed E-state index contributed by atoms with van der Waals surface area (Å²) in [6.07, 6.45) is -6.60. The van der Waals surface area contributed by atoms with E-state index < -0.39 is 36.2 Å². The molecule has 0 aliphatic carbocycles. The monoisotopic (exact) mass is 265 g/mol. The van der Waals surface area contributed by atoms with Crippen molar-refractivity contribution in [3.05, 3.63) is 12.2 Å². The smallest absolute Gasteiger partial charge is 0.417 e. The fourth-order valence-electron chi connectivity index (χ4n) is 1.51. The number of carbonyl (C=O) groups excluding carboxylic acids is 2. The Balaban J connectivity index is 2.99. The molecule has 4 nitrogen and oxygen atoms in total. The molecule has 0 aromatic rings. The van der Waals surface area contributed by atoms with E-state index in [0.717, 1.165) is 0 Å². The molecule has 0 aromatic carbocycles. The molecule has 1 atom stereocenters. The van der Waals surface area contributed by atoms with Gasteiger partial charge in [-0.3, -0.25) is 4.79 Å². The summed E-state index contributed by atoms with van der Waals surface area (Å²) in [5, 5.41) is 0. The molecule has 0 spiro atoms. The van der Waals surface area contributed by atoms with E-state index in [1.54, 1.807) is 0 Å². The number of hydrogen-bond donors (Lipinski definition) is 0. The topological polar surface area (TPSA) is 46.6 Å². The number of nitrogens with zero attached hydrogens (tertiary/aromatic N) is 1. The summed E-state index contributed by atoms with van der Waals surface area (Å²) in [7, 11) is 0. The third-order valence-electron chi connectivity index (χ3n) is 2.24. The molecule has 1 aliphatic rings. The van der Waals surface area contributed by atoms with E-state index in [4.69, 9.17) is 4.74 Å². The lowest BCUT2D eigenvalue weighted by molar-refractivity contribution is -0.177. The summed E-state index contributed by atoms with van der Waals surface area (Å²) in [5.74, 6) is -1.04. The van der Waals surface area contributed by atoms with Crippen molar-refractivity contribution in [3.63, 3.8) is 0 Å². The normalized spacial score (nSPS) is 21.4. The minimum atomic E-state index is -4.69. The van der Waals surface area contributed by atoms with Crippen LogP contribution in [0.25, 0.3) is 0 Å². The van der Waals surface area contributed by atoms with Crippen LogP contribution in [-0.4, -0.2) is 34.7 Å². The van der Waals surface area contributed by atoms with Crippen LogP contribution >= 0.6 is 0 Å². The first-order valence-corrected chi connectivity index (χ1v) is 5.24. The third kappa shape index (κ3) is 3.02. The number of carbonyl (C=O) groups is 2. The Hall–Kier alpha value is -1.53. The number of halogens is 3. The van der Waals surface area contributed by atoms with Crippen molar-refractivity contribution in [1.29, 1.82) is 0 Å². The first-order chi connectivity index (χ1) is 7.93. The summed E-state index contributed by atoms with van der Waals surface area (Å²) in [4.78, 5) is 23.2. The van der Waals surface area contributed by atoms with E-state index in [2.05, 4.69) is 6.58 Å². The molecule has 0 aromatic heterocycles. The van der Waals surface area contributed by atoms with Gasteiger partial charge in [0.1, 0.15) is 11.6 Å². The molecule has 0 bridgehead atoms. The third-order valence-corrected chi connectivity index (χ3v) is 2.24. The minimum Gasteiger partial charge on any atom is -0.443 e. The molecule has 0 saturated carbocycles. The van der Waals surface area contributed by atoms with Gasteiger partial charge in [-0.2, -0.15) is 13.2 Å². The number of imide groups is 1. The van der Waals surface area contributed by atoms with Gasteiger partial charge >= 0.3 is 12.3 Å². The van der Waals surface area contributed by atoms with Crippen molar-refractivity contribution in [3.8, 4) is 0 Å². The molecule has 0 radical (unpaired) electrons. The maximum Gasteiger partial charge on any atom is 0.417 e. The highest BCUT2D eigenvalue weighted by Gasteiger charge is 2.54. The SMILES string of the molecule is C=C1C[C@@H](C(F)(F)F)N(C(=O)OC(C)(C)C)C1=O. The lowest BCUT2D eigenvalue weighted by atomic mass is 10.2. The standard InChI is InChI=1S/C11H14F3NO3/c1-6-5-7(11(12,13)14)15(8(6)16)9(17)18-10(2,3)4/h7H,1,5H2,2-4H3/t7-/m0/s1. The molecule has 1 saturated heterocycles. The van der Waals surface area contributed by atoms with Crippen LogP contribution in [0.15, 0.2) is 12.2 Å². The van der Waals surface area contributed by atoms with Crippen LogP contribution in [0.1, 0.15) is 27.2 Å². The highest BCUT2D eigenvalue weighted by molar-refractivity contribution is 6.04. The molecule has 0 unspecified atom stereocenters. The number of likely N-dealkylation sites (tertiary alicyclic amines) is 1. The number of hydrogen-bond acceptors (Lipinski definition) is 3. The summed E-state index contributed by atoms with van der Waals surface area (Å²) >= 11 is 0. The van der Waals surface area contributed by atoms with Crippen molar-refractivity contribution in [2.45, 2.75) is 45.0 Å². The van der Waals surface area contributed by atoms with Crippen LogP contribution in [-0.2, 0) is 9.53 Å². The van der Waals surface area contributed by atoms with Crippen LogP contribution < -0.4 is 0 Å². The number of amides is 2. The fourth-order valence-corrected chi connectivity index (χ4v) is 1.51. The van der Waals surface area contributed by atoms with Crippen molar-refractivity contribution in [1.82, 2.24) is 4.90 Å². The van der Waals surface area contributed by atoms with Gasteiger partial charge in [-0.1, -0.05) is 6.58 Å². The maximum atomic E-state index is 12.7.